The van der Waals surface area contributed by atoms with Crippen molar-refractivity contribution in [3.05, 3.63) is 32.5 Å². The van der Waals surface area contributed by atoms with Crippen molar-refractivity contribution < 1.29 is 24.2 Å². The monoisotopic (exact) mass is 460 g/mol. The lowest BCUT2D eigenvalue weighted by Crippen LogP contribution is -2.53. The van der Waals surface area contributed by atoms with E-state index in [4.69, 9.17) is 23.2 Å². The number of aromatic nitrogens is 2. The number of aromatic amines is 1. The van der Waals surface area contributed by atoms with Gasteiger partial charge in [-0.2, -0.15) is 0 Å². The number of amides is 1. The van der Waals surface area contributed by atoms with Crippen molar-refractivity contribution in [1.29, 1.82) is 0 Å². The molecule has 3 rings (SSSR count). The molecule has 3 N–H and O–H groups in total. The second-order valence-corrected chi connectivity index (χ2v) is 8.28. The third-order valence-electron chi connectivity index (χ3n) is 4.68. The first-order chi connectivity index (χ1) is 13.7. The zero-order chi connectivity index (χ0) is 21.3. The molecule has 2 atom stereocenters. The highest BCUT2D eigenvalue weighted by Gasteiger charge is 2.37. The molecule has 12 heteroatoms. The zero-order valence-electron chi connectivity index (χ0n) is 15.5. The van der Waals surface area contributed by atoms with E-state index < -0.39 is 29.8 Å². The van der Waals surface area contributed by atoms with Gasteiger partial charge in [-0.3, -0.25) is 9.59 Å². The van der Waals surface area contributed by atoms with E-state index in [1.54, 1.807) is 11.8 Å². The number of H-pyrrole nitrogens is 1. The number of aryl methyl sites for hydroxylation is 1. The Morgan fingerprint density at radius 2 is 2.10 bits per heavy atom. The fourth-order valence-electron chi connectivity index (χ4n) is 3.12. The van der Waals surface area contributed by atoms with E-state index in [1.165, 1.54) is 13.3 Å². The number of aliphatic carboxylic acids is 1. The summed E-state index contributed by atoms with van der Waals surface area (Å²) in [6.45, 7) is 2.27. The predicted molar refractivity (Wildman–Crippen MR) is 108 cm³/mol. The smallest absolute Gasteiger partial charge is 0.349 e. The molecule has 2 aromatic rings. The highest BCUT2D eigenvalue weighted by atomic mass is 35.5. The number of esters is 1. The van der Waals surface area contributed by atoms with Gasteiger partial charge in [0, 0.05) is 24.8 Å². The molecule has 156 valence electrons. The second kappa shape index (κ2) is 8.60. The maximum atomic E-state index is 12.6. The predicted octanol–water partition coefficient (Wildman–Crippen LogP) is 2.58. The molecule has 1 aliphatic rings. The number of carbonyl (C=O) groups is 3. The number of carboxylic acid groups (broad SMARTS) is 1. The van der Waals surface area contributed by atoms with Crippen molar-refractivity contribution in [2.24, 2.45) is 5.92 Å². The number of carbonyl (C=O) groups excluding carboxylic acids is 2. The van der Waals surface area contributed by atoms with E-state index in [1.807, 2.05) is 0 Å². The number of methoxy groups -OCH3 is 1. The average Bonchev–Trinajstić information content (AvgIpc) is 3.29. The van der Waals surface area contributed by atoms with Gasteiger partial charge >= 0.3 is 11.9 Å². The first-order valence-corrected chi connectivity index (χ1v) is 10.2. The van der Waals surface area contributed by atoms with Crippen LogP contribution in [0.3, 0.4) is 0 Å². The summed E-state index contributed by atoms with van der Waals surface area (Å²) in [7, 11) is 1.28. The van der Waals surface area contributed by atoms with Gasteiger partial charge in [-0.15, -0.1) is 0 Å². The largest absolute Gasteiger partial charge is 0.481 e. The number of hydrogen-bond donors (Lipinski definition) is 3. The SMILES string of the molecule is COC(=O)c1cnc(N2CC[C@@H](NC(=O)c3[nH]c(C)c(Cl)c3Cl)[C@@H](C(=O)O)C2)s1. The summed E-state index contributed by atoms with van der Waals surface area (Å²) >= 11 is 13.2. The lowest BCUT2D eigenvalue weighted by Gasteiger charge is -2.36. The van der Waals surface area contributed by atoms with Crippen LogP contribution in [0.1, 0.15) is 32.3 Å². The van der Waals surface area contributed by atoms with Gasteiger partial charge in [0.15, 0.2) is 5.13 Å². The van der Waals surface area contributed by atoms with Gasteiger partial charge in [-0.25, -0.2) is 9.78 Å². The maximum Gasteiger partial charge on any atom is 0.349 e. The number of nitrogens with zero attached hydrogens (tertiary/aromatic N) is 2. The Labute approximate surface area is 180 Å². The molecule has 2 aromatic heterocycles. The van der Waals surface area contributed by atoms with Crippen molar-refractivity contribution in [2.45, 2.75) is 19.4 Å². The Balaban J connectivity index is 1.73. The number of thiazole rings is 1. The van der Waals surface area contributed by atoms with Crippen molar-refractivity contribution in [3.8, 4) is 0 Å². The quantitative estimate of drug-likeness (QED) is 0.585. The van der Waals surface area contributed by atoms with Gasteiger partial charge < -0.3 is 25.0 Å². The highest BCUT2D eigenvalue weighted by molar-refractivity contribution is 7.17. The summed E-state index contributed by atoms with van der Waals surface area (Å²) in [4.78, 5) is 45.1. The second-order valence-electron chi connectivity index (χ2n) is 6.51. The Morgan fingerprint density at radius 3 is 2.69 bits per heavy atom. The third kappa shape index (κ3) is 4.34. The van der Waals surface area contributed by atoms with Gasteiger partial charge in [0.25, 0.3) is 5.91 Å². The standard InChI is InChI=1S/C17H18Cl2N4O5S/c1-7-11(18)12(19)13(21-7)14(24)22-9-3-4-23(6-8(9)15(25)26)17-20-5-10(29-17)16(27)28-2/h5,8-9,21H,3-4,6H2,1-2H3,(H,22,24)(H,25,26)/t8-,9+/m0/s1. The molecular weight excluding hydrogens is 443 g/mol. The average molecular weight is 461 g/mol. The number of nitrogens with one attached hydrogen (secondary N) is 2. The molecule has 1 saturated heterocycles. The first-order valence-electron chi connectivity index (χ1n) is 8.59. The highest BCUT2D eigenvalue weighted by Crippen LogP contribution is 2.31. The lowest BCUT2D eigenvalue weighted by atomic mass is 9.92. The molecule has 0 radical (unpaired) electrons. The van der Waals surface area contributed by atoms with E-state index in [0.717, 1.165) is 11.3 Å². The molecule has 1 aliphatic heterocycles. The van der Waals surface area contributed by atoms with Crippen molar-refractivity contribution in [1.82, 2.24) is 15.3 Å². The van der Waals surface area contributed by atoms with Crippen LogP contribution in [0.25, 0.3) is 0 Å². The molecular formula is C17H18Cl2N4O5S. The number of ether oxygens (including phenoxy) is 1. The van der Waals surface area contributed by atoms with Crippen LogP contribution < -0.4 is 10.2 Å². The van der Waals surface area contributed by atoms with Crippen LogP contribution in [-0.4, -0.2) is 59.2 Å². The normalized spacial score (nSPS) is 19.1. The van der Waals surface area contributed by atoms with Crippen LogP contribution >= 0.6 is 34.5 Å². The van der Waals surface area contributed by atoms with Crippen LogP contribution in [0.2, 0.25) is 10.0 Å². The van der Waals surface area contributed by atoms with Gasteiger partial charge in [0.2, 0.25) is 0 Å². The van der Waals surface area contributed by atoms with Gasteiger partial charge in [-0.05, 0) is 13.3 Å². The Morgan fingerprint density at radius 1 is 1.38 bits per heavy atom. The Bertz CT molecular complexity index is 960. The van der Waals surface area contributed by atoms with Gasteiger partial charge in [0.1, 0.15) is 10.6 Å². The molecule has 9 nitrogen and oxygen atoms in total. The van der Waals surface area contributed by atoms with Crippen LogP contribution in [-0.2, 0) is 9.53 Å². The lowest BCUT2D eigenvalue weighted by molar-refractivity contribution is -0.142. The molecule has 1 fully saturated rings. The number of hydrogen-bond acceptors (Lipinski definition) is 7. The minimum Gasteiger partial charge on any atom is -0.481 e. The van der Waals surface area contributed by atoms with E-state index >= 15 is 0 Å². The number of carboxylic acids is 1. The Hall–Kier alpha value is -2.30. The third-order valence-corrected chi connectivity index (χ3v) is 6.66. The molecule has 29 heavy (non-hydrogen) atoms. The minimum absolute atomic E-state index is 0.100. The molecule has 0 saturated carbocycles. The number of anilines is 1. The molecule has 0 unspecified atom stereocenters. The fourth-order valence-corrected chi connectivity index (χ4v) is 4.41. The van der Waals surface area contributed by atoms with E-state index in [-0.39, 0.29) is 22.3 Å². The Kier molecular flexibility index (Phi) is 6.35. The molecule has 3 heterocycles. The van der Waals surface area contributed by atoms with E-state index in [2.05, 4.69) is 20.0 Å². The fraction of sp³-hybridized carbons (Fsp3) is 0.412. The van der Waals surface area contributed by atoms with Crippen molar-refractivity contribution >= 4 is 57.5 Å². The van der Waals surface area contributed by atoms with Crippen LogP contribution in [0, 0.1) is 12.8 Å². The van der Waals surface area contributed by atoms with Crippen molar-refractivity contribution in [2.75, 3.05) is 25.1 Å². The van der Waals surface area contributed by atoms with Crippen LogP contribution in [0.15, 0.2) is 6.20 Å². The van der Waals surface area contributed by atoms with E-state index in [9.17, 15) is 19.5 Å². The molecule has 0 spiro atoms. The summed E-state index contributed by atoms with van der Waals surface area (Å²) in [5.74, 6) is -2.93. The summed E-state index contributed by atoms with van der Waals surface area (Å²) in [5, 5.41) is 13.3. The number of piperidine rings is 1. The maximum absolute atomic E-state index is 12.6. The number of halogens is 2. The molecule has 1 amide bonds. The topological polar surface area (TPSA) is 125 Å². The van der Waals surface area contributed by atoms with Gasteiger partial charge in [-0.1, -0.05) is 34.5 Å². The summed E-state index contributed by atoms with van der Waals surface area (Å²) in [6, 6.07) is -0.602. The molecule has 0 bridgehead atoms. The molecule has 0 aliphatic carbocycles. The summed E-state index contributed by atoms with van der Waals surface area (Å²) in [5.41, 5.74) is 0.653. The van der Waals surface area contributed by atoms with Gasteiger partial charge in [0.05, 0.1) is 29.3 Å². The first kappa shape index (κ1) is 21.4. The van der Waals surface area contributed by atoms with Crippen LogP contribution in [0.5, 0.6) is 0 Å². The van der Waals surface area contributed by atoms with Crippen LogP contribution in [0.4, 0.5) is 5.13 Å². The zero-order valence-corrected chi connectivity index (χ0v) is 17.8. The van der Waals surface area contributed by atoms with E-state index in [0.29, 0.717) is 28.7 Å². The van der Waals surface area contributed by atoms with Crippen molar-refractivity contribution in [3.63, 3.8) is 0 Å². The molecule has 0 aromatic carbocycles. The summed E-state index contributed by atoms with van der Waals surface area (Å²) in [6.07, 6.45) is 1.77. The number of rotatable bonds is 5. The summed E-state index contributed by atoms with van der Waals surface area (Å²) < 4.78 is 4.67. The minimum atomic E-state index is -1.04.